The highest BCUT2D eigenvalue weighted by atomic mass is 16.5. The summed E-state index contributed by atoms with van der Waals surface area (Å²) in [6.07, 6.45) is 5.15. The van der Waals surface area contributed by atoms with Crippen LogP contribution < -0.4 is 5.32 Å². The molecule has 2 aromatic carbocycles. The lowest BCUT2D eigenvalue weighted by atomic mass is 10.0. The number of furan rings is 1. The Labute approximate surface area is 159 Å². The van der Waals surface area contributed by atoms with Crippen LogP contribution in [0.15, 0.2) is 71.5 Å². The number of esters is 1. The predicted molar refractivity (Wildman–Crippen MR) is 108 cm³/mol. The highest BCUT2D eigenvalue weighted by Crippen LogP contribution is 2.40. The molecule has 1 N–H and O–H groups in total. The molecule has 0 spiro atoms. The predicted octanol–water partition coefficient (Wildman–Crippen LogP) is 5.06. The standard InChI is InChI=1S/C22H15N3O3/c1-27-22(26)20-16(6-4-9-24-20)25-17-11-13-8-10-23-12-15(13)19-14-5-2-3-7-18(14)28-21(17)19/h2-12,25H,1H3. The molecule has 6 nitrogen and oxygen atoms in total. The van der Waals surface area contributed by atoms with Crippen molar-refractivity contribution in [1.82, 2.24) is 9.97 Å². The maximum Gasteiger partial charge on any atom is 0.358 e. The number of anilines is 2. The van der Waals surface area contributed by atoms with Gasteiger partial charge in [-0.25, -0.2) is 9.78 Å². The quantitative estimate of drug-likeness (QED) is 0.448. The van der Waals surface area contributed by atoms with Crippen LogP contribution in [0.25, 0.3) is 32.7 Å². The van der Waals surface area contributed by atoms with Crippen molar-refractivity contribution in [3.63, 3.8) is 0 Å². The normalized spacial score (nSPS) is 11.2. The molecule has 5 aromatic rings. The lowest BCUT2D eigenvalue weighted by Gasteiger charge is -2.11. The topological polar surface area (TPSA) is 77.2 Å². The van der Waals surface area contributed by atoms with Crippen LogP contribution in [0.1, 0.15) is 10.5 Å². The summed E-state index contributed by atoms with van der Waals surface area (Å²) in [4.78, 5) is 20.5. The second-order valence-corrected chi connectivity index (χ2v) is 6.34. The number of carbonyl (C=O) groups is 1. The van der Waals surface area contributed by atoms with Crippen molar-refractivity contribution in [2.75, 3.05) is 12.4 Å². The largest absolute Gasteiger partial charge is 0.464 e. The van der Waals surface area contributed by atoms with Gasteiger partial charge in [-0.1, -0.05) is 18.2 Å². The van der Waals surface area contributed by atoms with Crippen molar-refractivity contribution < 1.29 is 13.9 Å². The number of nitrogens with one attached hydrogen (secondary N) is 1. The Hall–Kier alpha value is -3.93. The molecule has 0 bridgehead atoms. The molecule has 0 saturated carbocycles. The molecule has 28 heavy (non-hydrogen) atoms. The Morgan fingerprint density at radius 1 is 1.04 bits per heavy atom. The fraction of sp³-hybridized carbons (Fsp3) is 0.0455. The number of hydrogen-bond donors (Lipinski definition) is 1. The molecule has 0 fully saturated rings. The van der Waals surface area contributed by atoms with Gasteiger partial charge in [-0.3, -0.25) is 4.98 Å². The summed E-state index contributed by atoms with van der Waals surface area (Å²) in [5, 5.41) is 7.32. The molecule has 6 heteroatoms. The lowest BCUT2D eigenvalue weighted by molar-refractivity contribution is 0.0595. The van der Waals surface area contributed by atoms with E-state index in [1.807, 2.05) is 42.6 Å². The molecule has 0 unspecified atom stereocenters. The number of pyridine rings is 2. The first-order valence-corrected chi connectivity index (χ1v) is 8.74. The molecule has 0 atom stereocenters. The zero-order valence-electron chi connectivity index (χ0n) is 15.0. The summed E-state index contributed by atoms with van der Waals surface area (Å²) in [6, 6.07) is 15.4. The van der Waals surface area contributed by atoms with Gasteiger partial charge in [0.2, 0.25) is 0 Å². The molecular formula is C22H15N3O3. The third-order valence-electron chi connectivity index (χ3n) is 4.72. The first kappa shape index (κ1) is 16.3. The van der Waals surface area contributed by atoms with Crippen molar-refractivity contribution in [2.45, 2.75) is 0 Å². The Morgan fingerprint density at radius 3 is 2.82 bits per heavy atom. The van der Waals surface area contributed by atoms with E-state index in [0.29, 0.717) is 11.3 Å². The SMILES string of the molecule is COC(=O)c1ncccc1Nc1cc2ccncc2c2c1oc1ccccc12. The molecule has 136 valence electrons. The number of carbonyl (C=O) groups excluding carboxylic acids is 1. The fourth-order valence-corrected chi connectivity index (χ4v) is 3.47. The number of rotatable bonds is 3. The van der Waals surface area contributed by atoms with E-state index in [1.165, 1.54) is 7.11 Å². The van der Waals surface area contributed by atoms with Crippen molar-refractivity contribution in [2.24, 2.45) is 0 Å². The number of fused-ring (bicyclic) bond motifs is 5. The molecule has 0 saturated heterocycles. The lowest BCUT2D eigenvalue weighted by Crippen LogP contribution is -2.08. The van der Waals surface area contributed by atoms with Crippen LogP contribution in [0.4, 0.5) is 11.4 Å². The van der Waals surface area contributed by atoms with Gasteiger partial charge in [0.15, 0.2) is 11.3 Å². The van der Waals surface area contributed by atoms with Gasteiger partial charge in [0.1, 0.15) is 5.58 Å². The summed E-state index contributed by atoms with van der Waals surface area (Å²) < 4.78 is 11.0. The minimum atomic E-state index is -0.506. The van der Waals surface area contributed by atoms with Crippen LogP contribution in [0.3, 0.4) is 0 Å². The van der Waals surface area contributed by atoms with Crippen LogP contribution in [0.5, 0.6) is 0 Å². The fourth-order valence-electron chi connectivity index (χ4n) is 3.47. The van der Waals surface area contributed by atoms with Gasteiger partial charge in [-0.15, -0.1) is 0 Å². The summed E-state index contributed by atoms with van der Waals surface area (Å²) >= 11 is 0. The first-order valence-electron chi connectivity index (χ1n) is 8.74. The van der Waals surface area contributed by atoms with Gasteiger partial charge in [0.05, 0.1) is 18.5 Å². The minimum absolute atomic E-state index is 0.212. The molecular weight excluding hydrogens is 354 g/mol. The number of para-hydroxylation sites is 1. The van der Waals surface area contributed by atoms with Crippen LogP contribution in [0, 0.1) is 0 Å². The molecule has 0 aliphatic heterocycles. The van der Waals surface area contributed by atoms with E-state index < -0.39 is 5.97 Å². The van der Waals surface area contributed by atoms with Crippen molar-refractivity contribution in [3.8, 4) is 0 Å². The van der Waals surface area contributed by atoms with Gasteiger partial charge in [0, 0.05) is 34.7 Å². The van der Waals surface area contributed by atoms with Crippen LogP contribution in [-0.2, 0) is 4.74 Å². The van der Waals surface area contributed by atoms with Crippen molar-refractivity contribution in [1.29, 1.82) is 0 Å². The third kappa shape index (κ3) is 2.46. The maximum absolute atomic E-state index is 12.1. The smallest absolute Gasteiger partial charge is 0.358 e. The van der Waals surface area contributed by atoms with E-state index in [9.17, 15) is 4.79 Å². The average molecular weight is 369 g/mol. The van der Waals surface area contributed by atoms with E-state index >= 15 is 0 Å². The van der Waals surface area contributed by atoms with Crippen LogP contribution in [0.2, 0.25) is 0 Å². The Morgan fingerprint density at radius 2 is 1.93 bits per heavy atom. The van der Waals surface area contributed by atoms with Gasteiger partial charge < -0.3 is 14.5 Å². The van der Waals surface area contributed by atoms with Gasteiger partial charge in [-0.2, -0.15) is 0 Å². The number of benzene rings is 2. The summed E-state index contributed by atoms with van der Waals surface area (Å²) in [5.74, 6) is -0.506. The highest BCUT2D eigenvalue weighted by Gasteiger charge is 2.18. The monoisotopic (exact) mass is 369 g/mol. The van der Waals surface area contributed by atoms with E-state index in [-0.39, 0.29) is 5.69 Å². The van der Waals surface area contributed by atoms with E-state index in [0.717, 1.165) is 32.8 Å². The number of ether oxygens (including phenoxy) is 1. The average Bonchev–Trinajstić information content (AvgIpc) is 3.14. The summed E-state index contributed by atoms with van der Waals surface area (Å²) in [7, 11) is 1.33. The third-order valence-corrected chi connectivity index (χ3v) is 4.72. The summed E-state index contributed by atoms with van der Waals surface area (Å²) in [5.41, 5.74) is 2.98. The second-order valence-electron chi connectivity index (χ2n) is 6.34. The summed E-state index contributed by atoms with van der Waals surface area (Å²) in [6.45, 7) is 0. The molecule has 0 radical (unpaired) electrons. The Bertz CT molecular complexity index is 1360. The molecule has 3 heterocycles. The highest BCUT2D eigenvalue weighted by molar-refractivity contribution is 6.22. The number of methoxy groups -OCH3 is 1. The molecule has 5 rings (SSSR count). The van der Waals surface area contributed by atoms with Gasteiger partial charge in [0.25, 0.3) is 0 Å². The molecule has 3 aromatic heterocycles. The minimum Gasteiger partial charge on any atom is -0.464 e. The second kappa shape index (κ2) is 6.35. The van der Waals surface area contributed by atoms with E-state index in [2.05, 4.69) is 15.3 Å². The zero-order chi connectivity index (χ0) is 19.1. The van der Waals surface area contributed by atoms with E-state index in [1.54, 1.807) is 24.5 Å². The number of nitrogens with zero attached hydrogens (tertiary/aromatic N) is 2. The Balaban J connectivity index is 1.80. The molecule has 0 aliphatic rings. The maximum atomic E-state index is 12.1. The zero-order valence-corrected chi connectivity index (χ0v) is 15.0. The Kier molecular flexibility index (Phi) is 3.69. The van der Waals surface area contributed by atoms with Crippen molar-refractivity contribution >= 4 is 50.1 Å². The first-order chi connectivity index (χ1) is 13.8. The molecule has 0 aliphatic carbocycles. The van der Waals surface area contributed by atoms with Crippen LogP contribution >= 0.6 is 0 Å². The number of hydrogen-bond acceptors (Lipinski definition) is 6. The van der Waals surface area contributed by atoms with Gasteiger partial charge in [-0.05, 0) is 35.7 Å². The van der Waals surface area contributed by atoms with Crippen LogP contribution in [-0.4, -0.2) is 23.0 Å². The molecule has 0 amide bonds. The van der Waals surface area contributed by atoms with Crippen molar-refractivity contribution in [3.05, 3.63) is 72.8 Å². The number of aromatic nitrogens is 2. The van der Waals surface area contributed by atoms with Gasteiger partial charge >= 0.3 is 5.97 Å². The van der Waals surface area contributed by atoms with E-state index in [4.69, 9.17) is 9.15 Å².